The van der Waals surface area contributed by atoms with Gasteiger partial charge in [0.05, 0.1) is 0 Å². The van der Waals surface area contributed by atoms with Crippen molar-refractivity contribution in [2.45, 2.75) is 39.7 Å². The molecule has 0 radical (unpaired) electrons. The van der Waals surface area contributed by atoms with Gasteiger partial charge in [-0.15, -0.1) is 0 Å². The molecule has 1 aliphatic carbocycles. The molecule has 1 N–H and O–H groups in total. The summed E-state index contributed by atoms with van der Waals surface area (Å²) in [6.07, 6.45) is 2.61. The third-order valence-electron chi connectivity index (χ3n) is 4.90. The van der Waals surface area contributed by atoms with Crippen molar-refractivity contribution in [3.05, 3.63) is 34.4 Å². The van der Waals surface area contributed by atoms with E-state index in [1.807, 2.05) is 0 Å². The SMILES string of the molecule is Cc1cc(C)c2c(c1)C(N1CCNCC1)C(C)CC2. The summed E-state index contributed by atoms with van der Waals surface area (Å²) in [7, 11) is 0. The molecule has 0 aromatic heterocycles. The predicted molar refractivity (Wildman–Crippen MR) is 80.6 cm³/mol. The van der Waals surface area contributed by atoms with Gasteiger partial charge < -0.3 is 5.32 Å². The second kappa shape index (κ2) is 5.26. The van der Waals surface area contributed by atoms with E-state index in [0.29, 0.717) is 6.04 Å². The number of nitrogens with zero attached hydrogens (tertiary/aromatic N) is 1. The lowest BCUT2D eigenvalue weighted by atomic mass is 9.77. The topological polar surface area (TPSA) is 15.3 Å². The van der Waals surface area contributed by atoms with E-state index in [1.165, 1.54) is 37.1 Å². The first-order valence-corrected chi connectivity index (χ1v) is 7.71. The molecule has 1 saturated heterocycles. The quantitative estimate of drug-likeness (QED) is 0.833. The van der Waals surface area contributed by atoms with Gasteiger partial charge in [-0.1, -0.05) is 24.6 Å². The van der Waals surface area contributed by atoms with Crippen molar-refractivity contribution in [1.29, 1.82) is 0 Å². The first-order chi connectivity index (χ1) is 9.16. The second-order valence-electron chi connectivity index (χ2n) is 6.40. The molecule has 3 rings (SSSR count). The van der Waals surface area contributed by atoms with Crippen LogP contribution in [-0.4, -0.2) is 31.1 Å². The number of hydrogen-bond acceptors (Lipinski definition) is 2. The van der Waals surface area contributed by atoms with Gasteiger partial charge in [-0.05, 0) is 49.3 Å². The molecular formula is C17H26N2. The van der Waals surface area contributed by atoms with Crippen molar-refractivity contribution in [3.8, 4) is 0 Å². The Morgan fingerprint density at radius 3 is 2.63 bits per heavy atom. The van der Waals surface area contributed by atoms with Crippen LogP contribution in [-0.2, 0) is 6.42 Å². The zero-order chi connectivity index (χ0) is 13.4. The second-order valence-corrected chi connectivity index (χ2v) is 6.40. The highest BCUT2D eigenvalue weighted by molar-refractivity contribution is 5.42. The molecule has 2 nitrogen and oxygen atoms in total. The highest BCUT2D eigenvalue weighted by Crippen LogP contribution is 2.40. The molecule has 1 aromatic carbocycles. The Kier molecular flexibility index (Phi) is 3.64. The van der Waals surface area contributed by atoms with Crippen molar-refractivity contribution in [3.63, 3.8) is 0 Å². The van der Waals surface area contributed by atoms with E-state index in [2.05, 4.69) is 43.1 Å². The highest BCUT2D eigenvalue weighted by Gasteiger charge is 2.32. The number of fused-ring (bicyclic) bond motifs is 1. The van der Waals surface area contributed by atoms with Gasteiger partial charge in [0.15, 0.2) is 0 Å². The van der Waals surface area contributed by atoms with Crippen molar-refractivity contribution < 1.29 is 0 Å². The van der Waals surface area contributed by atoms with Gasteiger partial charge >= 0.3 is 0 Å². The molecular weight excluding hydrogens is 232 g/mol. The number of rotatable bonds is 1. The Morgan fingerprint density at radius 2 is 1.89 bits per heavy atom. The smallest absolute Gasteiger partial charge is 0.0377 e. The van der Waals surface area contributed by atoms with Gasteiger partial charge in [0.2, 0.25) is 0 Å². The minimum atomic E-state index is 0.643. The molecule has 1 heterocycles. The molecule has 19 heavy (non-hydrogen) atoms. The minimum absolute atomic E-state index is 0.643. The zero-order valence-corrected chi connectivity index (χ0v) is 12.5. The van der Waals surface area contributed by atoms with E-state index in [4.69, 9.17) is 0 Å². The van der Waals surface area contributed by atoms with Crippen molar-refractivity contribution in [2.24, 2.45) is 5.92 Å². The van der Waals surface area contributed by atoms with Crippen LogP contribution < -0.4 is 5.32 Å². The van der Waals surface area contributed by atoms with Crippen LogP contribution in [0.1, 0.15) is 41.6 Å². The molecule has 1 aromatic rings. The van der Waals surface area contributed by atoms with Crippen molar-refractivity contribution >= 4 is 0 Å². The van der Waals surface area contributed by atoms with E-state index in [-0.39, 0.29) is 0 Å². The van der Waals surface area contributed by atoms with Gasteiger partial charge in [0.25, 0.3) is 0 Å². The van der Waals surface area contributed by atoms with Gasteiger partial charge in [0, 0.05) is 32.2 Å². The van der Waals surface area contributed by atoms with Gasteiger partial charge in [0.1, 0.15) is 0 Å². The number of aryl methyl sites for hydroxylation is 2. The molecule has 2 heteroatoms. The average Bonchev–Trinajstić information content (AvgIpc) is 2.39. The molecule has 0 saturated carbocycles. The Hall–Kier alpha value is -0.860. The van der Waals surface area contributed by atoms with E-state index < -0.39 is 0 Å². The third kappa shape index (κ3) is 2.44. The van der Waals surface area contributed by atoms with E-state index in [1.54, 1.807) is 11.1 Å². The summed E-state index contributed by atoms with van der Waals surface area (Å²) in [5.41, 5.74) is 6.18. The number of hydrogen-bond donors (Lipinski definition) is 1. The normalized spacial score (nSPS) is 28.2. The molecule has 1 fully saturated rings. The largest absolute Gasteiger partial charge is 0.314 e. The maximum absolute atomic E-state index is 3.47. The predicted octanol–water partition coefficient (Wildman–Crippen LogP) is 2.83. The Bertz CT molecular complexity index is 461. The molecule has 104 valence electrons. The summed E-state index contributed by atoms with van der Waals surface area (Å²) in [6.45, 7) is 11.6. The first kappa shape index (κ1) is 13.1. The van der Waals surface area contributed by atoms with Crippen LogP contribution in [0.5, 0.6) is 0 Å². The fourth-order valence-electron chi connectivity index (χ4n) is 3.99. The number of benzene rings is 1. The third-order valence-corrected chi connectivity index (χ3v) is 4.90. The Morgan fingerprint density at radius 1 is 1.16 bits per heavy atom. The molecule has 0 amide bonds. The van der Waals surface area contributed by atoms with Crippen molar-refractivity contribution in [2.75, 3.05) is 26.2 Å². The van der Waals surface area contributed by atoms with Gasteiger partial charge in [-0.2, -0.15) is 0 Å². The molecule has 1 aliphatic heterocycles. The maximum atomic E-state index is 3.47. The molecule has 2 atom stereocenters. The van der Waals surface area contributed by atoms with Crippen molar-refractivity contribution in [1.82, 2.24) is 10.2 Å². The summed E-state index contributed by atoms with van der Waals surface area (Å²) in [5, 5.41) is 3.47. The molecule has 2 aliphatic rings. The van der Waals surface area contributed by atoms with Gasteiger partial charge in [-0.25, -0.2) is 0 Å². The lowest BCUT2D eigenvalue weighted by Gasteiger charge is -2.42. The Balaban J connectivity index is 2.00. The maximum Gasteiger partial charge on any atom is 0.0377 e. The first-order valence-electron chi connectivity index (χ1n) is 7.71. The number of nitrogens with one attached hydrogen (secondary N) is 1. The lowest BCUT2D eigenvalue weighted by molar-refractivity contribution is 0.119. The van der Waals surface area contributed by atoms with Crippen LogP contribution in [0.25, 0.3) is 0 Å². The summed E-state index contributed by atoms with van der Waals surface area (Å²) in [4.78, 5) is 2.71. The van der Waals surface area contributed by atoms with Crippen LogP contribution in [0.4, 0.5) is 0 Å². The van der Waals surface area contributed by atoms with Crippen LogP contribution in [0, 0.1) is 19.8 Å². The Labute approximate surface area is 117 Å². The molecule has 2 unspecified atom stereocenters. The summed E-state index contributed by atoms with van der Waals surface area (Å²) < 4.78 is 0. The minimum Gasteiger partial charge on any atom is -0.314 e. The molecule has 0 spiro atoms. The summed E-state index contributed by atoms with van der Waals surface area (Å²) in [5.74, 6) is 0.784. The van der Waals surface area contributed by atoms with Crippen LogP contribution in [0.3, 0.4) is 0 Å². The average molecular weight is 258 g/mol. The standard InChI is InChI=1S/C17H26N2/c1-12-10-14(3)15-5-4-13(2)17(16(15)11-12)19-8-6-18-7-9-19/h10-11,13,17-18H,4-9H2,1-3H3. The number of piperazine rings is 1. The monoisotopic (exact) mass is 258 g/mol. The van der Waals surface area contributed by atoms with E-state index in [0.717, 1.165) is 19.0 Å². The highest BCUT2D eigenvalue weighted by atomic mass is 15.2. The fourth-order valence-corrected chi connectivity index (χ4v) is 3.99. The summed E-state index contributed by atoms with van der Waals surface area (Å²) in [6, 6.07) is 5.44. The van der Waals surface area contributed by atoms with Gasteiger partial charge in [-0.3, -0.25) is 4.90 Å². The van der Waals surface area contributed by atoms with E-state index in [9.17, 15) is 0 Å². The fraction of sp³-hybridized carbons (Fsp3) is 0.647. The van der Waals surface area contributed by atoms with Crippen LogP contribution in [0.15, 0.2) is 12.1 Å². The lowest BCUT2D eigenvalue weighted by Crippen LogP contribution is -2.47. The zero-order valence-electron chi connectivity index (χ0n) is 12.5. The summed E-state index contributed by atoms with van der Waals surface area (Å²) >= 11 is 0. The molecule has 0 bridgehead atoms. The van der Waals surface area contributed by atoms with Crippen LogP contribution in [0.2, 0.25) is 0 Å². The van der Waals surface area contributed by atoms with Crippen LogP contribution >= 0.6 is 0 Å². The van der Waals surface area contributed by atoms with E-state index >= 15 is 0 Å².